The van der Waals surface area contributed by atoms with Gasteiger partial charge in [0.15, 0.2) is 5.16 Å². The summed E-state index contributed by atoms with van der Waals surface area (Å²) >= 11 is 13.3. The van der Waals surface area contributed by atoms with E-state index in [0.717, 1.165) is 27.3 Å². The number of amides is 1. The van der Waals surface area contributed by atoms with Gasteiger partial charge in [0, 0.05) is 10.0 Å². The lowest BCUT2D eigenvalue weighted by Crippen LogP contribution is -2.21. The molecule has 0 spiro atoms. The molecule has 0 aliphatic heterocycles. The highest BCUT2D eigenvalue weighted by Gasteiger charge is 2.13. The molecule has 0 bridgehead atoms. The van der Waals surface area contributed by atoms with Crippen LogP contribution in [0.25, 0.3) is 11.0 Å². The smallest absolute Gasteiger partial charge is 0.250 e. The Hall–Kier alpha value is -2.80. The van der Waals surface area contributed by atoms with Crippen LogP contribution in [0.3, 0.4) is 0 Å². The maximum Gasteiger partial charge on any atom is 0.250 e. The van der Waals surface area contributed by atoms with Gasteiger partial charge >= 0.3 is 0 Å². The van der Waals surface area contributed by atoms with Crippen LogP contribution in [-0.2, 0) is 11.3 Å². The van der Waals surface area contributed by atoms with E-state index >= 15 is 0 Å². The molecule has 0 aliphatic carbocycles. The molecule has 3 aromatic carbocycles. The monoisotopic (exact) mass is 482 g/mol. The van der Waals surface area contributed by atoms with Gasteiger partial charge in [0.05, 0.1) is 29.0 Å². The summed E-state index contributed by atoms with van der Waals surface area (Å²) in [6.07, 6.45) is 0. The third kappa shape index (κ3) is 5.51. The zero-order chi connectivity index (χ0) is 22.5. The average molecular weight is 483 g/mol. The third-order valence-electron chi connectivity index (χ3n) is 4.82. The van der Waals surface area contributed by atoms with Gasteiger partial charge < -0.3 is 4.57 Å². The minimum absolute atomic E-state index is 0.196. The van der Waals surface area contributed by atoms with E-state index < -0.39 is 0 Å². The number of thioether (sulfide) groups is 1. The standard InChI is InChI=1S/C24H20Cl2N4OS/c1-16(18-8-12-20(26)13-9-18)28-29-23(31)15-32-24-27-21-4-2-3-5-22(21)30(24)14-17-6-10-19(25)11-7-17/h2-13H,14-15H2,1H3,(H,29,31). The second-order valence-electron chi connectivity index (χ2n) is 7.12. The number of halogens is 2. The van der Waals surface area contributed by atoms with Crippen LogP contribution in [0.2, 0.25) is 10.0 Å². The number of imidazole rings is 1. The molecule has 0 saturated carbocycles. The molecule has 0 unspecified atom stereocenters. The average Bonchev–Trinajstić information content (AvgIpc) is 3.15. The van der Waals surface area contributed by atoms with Gasteiger partial charge in [-0.25, -0.2) is 10.4 Å². The van der Waals surface area contributed by atoms with Gasteiger partial charge in [-0.3, -0.25) is 4.79 Å². The van der Waals surface area contributed by atoms with Crippen molar-refractivity contribution in [3.05, 3.63) is 94.0 Å². The second kappa shape index (κ2) is 10.2. The first-order chi connectivity index (χ1) is 15.5. The number of para-hydroxylation sites is 2. The molecular weight excluding hydrogens is 463 g/mol. The normalized spacial score (nSPS) is 11.7. The summed E-state index contributed by atoms with van der Waals surface area (Å²) < 4.78 is 2.11. The number of hydrazone groups is 1. The van der Waals surface area contributed by atoms with Crippen molar-refractivity contribution in [3.63, 3.8) is 0 Å². The Morgan fingerprint density at radius 3 is 2.38 bits per heavy atom. The van der Waals surface area contributed by atoms with Crippen LogP contribution in [0.5, 0.6) is 0 Å². The molecule has 0 fully saturated rings. The van der Waals surface area contributed by atoms with Gasteiger partial charge in [0.2, 0.25) is 0 Å². The van der Waals surface area contributed by atoms with Crippen molar-refractivity contribution in [2.24, 2.45) is 5.10 Å². The fourth-order valence-electron chi connectivity index (χ4n) is 3.15. The van der Waals surface area contributed by atoms with Crippen molar-refractivity contribution in [3.8, 4) is 0 Å². The second-order valence-corrected chi connectivity index (χ2v) is 8.94. The molecule has 4 rings (SSSR count). The zero-order valence-corrected chi connectivity index (χ0v) is 19.6. The summed E-state index contributed by atoms with van der Waals surface area (Å²) in [5.74, 6) is -0.00477. The van der Waals surface area contributed by atoms with E-state index in [4.69, 9.17) is 28.2 Å². The van der Waals surface area contributed by atoms with E-state index in [2.05, 4.69) is 15.1 Å². The number of benzene rings is 3. The van der Waals surface area contributed by atoms with Crippen molar-refractivity contribution in [1.82, 2.24) is 15.0 Å². The van der Waals surface area contributed by atoms with E-state index in [1.165, 1.54) is 11.8 Å². The van der Waals surface area contributed by atoms with Crippen molar-refractivity contribution in [2.75, 3.05) is 5.75 Å². The molecule has 8 heteroatoms. The molecule has 0 radical (unpaired) electrons. The third-order valence-corrected chi connectivity index (χ3v) is 6.30. The molecule has 0 aliphatic rings. The maximum atomic E-state index is 12.4. The number of carbonyl (C=O) groups excluding carboxylic acids is 1. The van der Waals surface area contributed by atoms with Crippen molar-refractivity contribution < 1.29 is 4.79 Å². The molecule has 4 aromatic rings. The van der Waals surface area contributed by atoms with Crippen molar-refractivity contribution >= 4 is 57.6 Å². The summed E-state index contributed by atoms with van der Waals surface area (Å²) in [4.78, 5) is 17.1. The number of hydrogen-bond acceptors (Lipinski definition) is 4. The van der Waals surface area contributed by atoms with E-state index in [1.54, 1.807) is 12.1 Å². The molecule has 1 aromatic heterocycles. The lowest BCUT2D eigenvalue weighted by Gasteiger charge is -2.09. The van der Waals surface area contributed by atoms with Crippen LogP contribution in [0, 0.1) is 0 Å². The number of nitrogens with one attached hydrogen (secondary N) is 1. The lowest BCUT2D eigenvalue weighted by molar-refractivity contribution is -0.118. The largest absolute Gasteiger partial charge is 0.314 e. The van der Waals surface area contributed by atoms with Crippen LogP contribution < -0.4 is 5.43 Å². The lowest BCUT2D eigenvalue weighted by atomic mass is 10.1. The Bertz CT molecular complexity index is 1270. The predicted molar refractivity (Wildman–Crippen MR) is 133 cm³/mol. The molecule has 162 valence electrons. The summed E-state index contributed by atoms with van der Waals surface area (Å²) in [5.41, 5.74) is 7.23. The maximum absolute atomic E-state index is 12.4. The number of fused-ring (bicyclic) bond motifs is 1. The topological polar surface area (TPSA) is 59.3 Å². The van der Waals surface area contributed by atoms with Gasteiger partial charge in [-0.1, -0.05) is 71.4 Å². The highest BCUT2D eigenvalue weighted by atomic mass is 35.5. The van der Waals surface area contributed by atoms with E-state index in [9.17, 15) is 4.79 Å². The summed E-state index contributed by atoms with van der Waals surface area (Å²) in [5, 5.41) is 6.33. The van der Waals surface area contributed by atoms with Gasteiger partial charge in [0.25, 0.3) is 5.91 Å². The SMILES string of the molecule is CC(=NNC(=O)CSc1nc2ccccc2n1Cc1ccc(Cl)cc1)c1ccc(Cl)cc1. The number of aromatic nitrogens is 2. The highest BCUT2D eigenvalue weighted by molar-refractivity contribution is 7.99. The summed E-state index contributed by atoms with van der Waals surface area (Å²) in [6, 6.07) is 23.0. The molecule has 32 heavy (non-hydrogen) atoms. The fraction of sp³-hybridized carbons (Fsp3) is 0.125. The molecule has 1 amide bonds. The Balaban J connectivity index is 1.46. The Morgan fingerprint density at radius 2 is 1.66 bits per heavy atom. The Labute approximate surface area is 200 Å². The van der Waals surface area contributed by atoms with E-state index in [0.29, 0.717) is 22.3 Å². The van der Waals surface area contributed by atoms with Crippen LogP contribution in [-0.4, -0.2) is 26.9 Å². The molecule has 0 atom stereocenters. The summed E-state index contributed by atoms with van der Waals surface area (Å²) in [7, 11) is 0. The van der Waals surface area contributed by atoms with Crippen molar-refractivity contribution in [1.29, 1.82) is 0 Å². The first kappa shape index (κ1) is 22.4. The molecule has 1 heterocycles. The Morgan fingerprint density at radius 1 is 1.00 bits per heavy atom. The van der Waals surface area contributed by atoms with Crippen LogP contribution in [0.1, 0.15) is 18.1 Å². The quantitative estimate of drug-likeness (QED) is 0.199. The molecule has 1 N–H and O–H groups in total. The Kier molecular flexibility index (Phi) is 7.15. The zero-order valence-electron chi connectivity index (χ0n) is 17.3. The first-order valence-electron chi connectivity index (χ1n) is 9.91. The number of carbonyl (C=O) groups is 1. The van der Waals surface area contributed by atoms with Crippen LogP contribution >= 0.6 is 35.0 Å². The molecule has 5 nitrogen and oxygen atoms in total. The van der Waals surface area contributed by atoms with Crippen LogP contribution in [0.15, 0.2) is 83.1 Å². The van der Waals surface area contributed by atoms with Crippen molar-refractivity contribution in [2.45, 2.75) is 18.6 Å². The molecular formula is C24H20Cl2N4OS. The van der Waals surface area contributed by atoms with Crippen LogP contribution in [0.4, 0.5) is 0 Å². The van der Waals surface area contributed by atoms with Gasteiger partial charge in [-0.2, -0.15) is 5.10 Å². The summed E-state index contributed by atoms with van der Waals surface area (Å²) in [6.45, 7) is 2.47. The number of rotatable bonds is 7. The minimum Gasteiger partial charge on any atom is -0.314 e. The van der Waals surface area contributed by atoms with Gasteiger partial charge in [-0.15, -0.1) is 0 Å². The minimum atomic E-state index is -0.201. The van der Waals surface area contributed by atoms with E-state index in [1.807, 2.05) is 67.6 Å². The predicted octanol–water partition coefficient (Wildman–Crippen LogP) is 6.02. The van der Waals surface area contributed by atoms with Gasteiger partial charge in [-0.05, 0) is 54.4 Å². The number of nitrogens with zero attached hydrogens (tertiary/aromatic N) is 3. The van der Waals surface area contributed by atoms with E-state index in [-0.39, 0.29) is 11.7 Å². The van der Waals surface area contributed by atoms with Gasteiger partial charge in [0.1, 0.15) is 0 Å². The highest BCUT2D eigenvalue weighted by Crippen LogP contribution is 2.25. The molecule has 0 saturated heterocycles. The fourth-order valence-corrected chi connectivity index (χ4v) is 4.21. The first-order valence-corrected chi connectivity index (χ1v) is 11.7. The number of hydrogen-bond donors (Lipinski definition) is 1.